The van der Waals surface area contributed by atoms with Crippen LogP contribution in [0.3, 0.4) is 0 Å². The van der Waals surface area contributed by atoms with Gasteiger partial charge >= 0.3 is 5.97 Å². The van der Waals surface area contributed by atoms with E-state index >= 15 is 0 Å². The zero-order valence-electron chi connectivity index (χ0n) is 14.6. The van der Waals surface area contributed by atoms with E-state index in [2.05, 4.69) is 16.0 Å². The van der Waals surface area contributed by atoms with Crippen LogP contribution < -0.4 is 16.0 Å². The Balaban J connectivity index is 1.62. The average Bonchev–Trinajstić information content (AvgIpc) is 3.19. The SMILES string of the molecule is Cc1ccccc1NC(=O)COC(=O)CNC(=O)CNC(=O)c1ccco1. The molecule has 0 spiro atoms. The number of benzene rings is 1. The molecule has 1 heterocycles. The standard InChI is InChI=1S/C18H19N3O6/c1-12-5-2-3-6-13(12)21-16(23)11-27-17(24)10-19-15(22)9-20-18(25)14-7-4-8-26-14/h2-8H,9-11H2,1H3,(H,19,22)(H,20,25)(H,21,23). The number of esters is 1. The molecule has 1 aromatic heterocycles. The van der Waals surface area contributed by atoms with Crippen LogP contribution in [0.1, 0.15) is 16.1 Å². The van der Waals surface area contributed by atoms with Crippen molar-refractivity contribution in [1.29, 1.82) is 0 Å². The molecule has 9 nitrogen and oxygen atoms in total. The number of nitrogens with one attached hydrogen (secondary N) is 3. The van der Waals surface area contributed by atoms with Gasteiger partial charge in [0.15, 0.2) is 12.4 Å². The topological polar surface area (TPSA) is 127 Å². The summed E-state index contributed by atoms with van der Waals surface area (Å²) in [6.07, 6.45) is 1.33. The third-order valence-corrected chi connectivity index (χ3v) is 3.37. The molecule has 0 fully saturated rings. The molecule has 0 aliphatic heterocycles. The number of furan rings is 1. The monoisotopic (exact) mass is 373 g/mol. The van der Waals surface area contributed by atoms with Gasteiger partial charge < -0.3 is 25.1 Å². The summed E-state index contributed by atoms with van der Waals surface area (Å²) in [5.41, 5.74) is 1.50. The third kappa shape index (κ3) is 6.65. The molecule has 142 valence electrons. The maximum absolute atomic E-state index is 11.8. The normalized spacial score (nSPS) is 9.96. The van der Waals surface area contributed by atoms with E-state index in [0.29, 0.717) is 5.69 Å². The molecule has 3 N–H and O–H groups in total. The number of aryl methyl sites for hydroxylation is 1. The number of para-hydroxylation sites is 1. The average molecular weight is 373 g/mol. The van der Waals surface area contributed by atoms with Crippen LogP contribution in [0.5, 0.6) is 0 Å². The maximum Gasteiger partial charge on any atom is 0.325 e. The van der Waals surface area contributed by atoms with E-state index in [4.69, 9.17) is 9.15 Å². The van der Waals surface area contributed by atoms with E-state index in [-0.39, 0.29) is 12.3 Å². The quantitative estimate of drug-likeness (QED) is 0.582. The van der Waals surface area contributed by atoms with Crippen molar-refractivity contribution < 1.29 is 28.3 Å². The highest BCUT2D eigenvalue weighted by Gasteiger charge is 2.12. The van der Waals surface area contributed by atoms with Crippen LogP contribution in [0.15, 0.2) is 47.1 Å². The minimum absolute atomic E-state index is 0.0712. The third-order valence-electron chi connectivity index (χ3n) is 3.37. The predicted octanol–water partition coefficient (Wildman–Crippen LogP) is 0.616. The number of amides is 3. The second-order valence-electron chi connectivity index (χ2n) is 5.46. The van der Waals surface area contributed by atoms with Crippen molar-refractivity contribution in [3.8, 4) is 0 Å². The first kappa shape index (κ1) is 19.7. The molecular formula is C18H19N3O6. The van der Waals surface area contributed by atoms with Gasteiger partial charge in [-0.25, -0.2) is 0 Å². The fourth-order valence-electron chi connectivity index (χ4n) is 1.99. The number of hydrogen-bond acceptors (Lipinski definition) is 6. The number of ether oxygens (including phenoxy) is 1. The fraction of sp³-hybridized carbons (Fsp3) is 0.222. The van der Waals surface area contributed by atoms with Crippen molar-refractivity contribution in [3.05, 3.63) is 54.0 Å². The van der Waals surface area contributed by atoms with Crippen LogP contribution in [-0.4, -0.2) is 43.4 Å². The molecule has 2 rings (SSSR count). The highest BCUT2D eigenvalue weighted by Crippen LogP contribution is 2.12. The Kier molecular flexibility index (Phi) is 7.12. The molecule has 0 atom stereocenters. The van der Waals surface area contributed by atoms with Crippen molar-refractivity contribution >= 4 is 29.4 Å². The fourth-order valence-corrected chi connectivity index (χ4v) is 1.99. The van der Waals surface area contributed by atoms with Crippen LogP contribution in [0.25, 0.3) is 0 Å². The Morgan fingerprint density at radius 1 is 0.963 bits per heavy atom. The number of anilines is 1. The van der Waals surface area contributed by atoms with Gasteiger partial charge in [0.25, 0.3) is 11.8 Å². The van der Waals surface area contributed by atoms with Crippen molar-refractivity contribution in [1.82, 2.24) is 10.6 Å². The lowest BCUT2D eigenvalue weighted by Gasteiger charge is -2.09. The molecule has 2 aromatic rings. The largest absolute Gasteiger partial charge is 0.459 e. The van der Waals surface area contributed by atoms with Gasteiger partial charge in [-0.15, -0.1) is 0 Å². The molecular weight excluding hydrogens is 354 g/mol. The van der Waals surface area contributed by atoms with Gasteiger partial charge in [0, 0.05) is 5.69 Å². The maximum atomic E-state index is 11.8. The summed E-state index contributed by atoms with van der Waals surface area (Å²) in [6, 6.07) is 10.2. The summed E-state index contributed by atoms with van der Waals surface area (Å²) >= 11 is 0. The Bertz CT molecular complexity index is 816. The molecule has 3 amide bonds. The summed E-state index contributed by atoms with van der Waals surface area (Å²) in [5, 5.41) is 7.22. The summed E-state index contributed by atoms with van der Waals surface area (Å²) in [7, 11) is 0. The van der Waals surface area contributed by atoms with Gasteiger partial charge in [0.1, 0.15) is 6.54 Å². The van der Waals surface area contributed by atoms with Gasteiger partial charge in [-0.2, -0.15) is 0 Å². The van der Waals surface area contributed by atoms with Crippen LogP contribution >= 0.6 is 0 Å². The molecule has 0 aliphatic carbocycles. The highest BCUT2D eigenvalue weighted by atomic mass is 16.5. The van der Waals surface area contributed by atoms with Crippen molar-refractivity contribution in [2.45, 2.75) is 6.92 Å². The van der Waals surface area contributed by atoms with Gasteiger partial charge in [0.2, 0.25) is 5.91 Å². The molecule has 0 aliphatic rings. The molecule has 0 unspecified atom stereocenters. The van der Waals surface area contributed by atoms with Crippen molar-refractivity contribution in [2.75, 3.05) is 25.0 Å². The number of rotatable bonds is 8. The van der Waals surface area contributed by atoms with Crippen LogP contribution in [0.2, 0.25) is 0 Å². The van der Waals surface area contributed by atoms with Gasteiger partial charge in [-0.3, -0.25) is 19.2 Å². The van der Waals surface area contributed by atoms with Crippen LogP contribution in [-0.2, 0) is 19.1 Å². The predicted molar refractivity (Wildman–Crippen MR) is 94.8 cm³/mol. The summed E-state index contributed by atoms with van der Waals surface area (Å²) in [5.74, 6) is -2.33. The van der Waals surface area contributed by atoms with E-state index in [9.17, 15) is 19.2 Å². The Hall–Kier alpha value is -3.62. The van der Waals surface area contributed by atoms with Gasteiger partial charge in [-0.05, 0) is 30.7 Å². The molecule has 0 saturated carbocycles. The summed E-state index contributed by atoms with van der Waals surface area (Å²) in [6.45, 7) is 0.605. The zero-order chi connectivity index (χ0) is 19.6. The van der Waals surface area contributed by atoms with Gasteiger partial charge in [0.05, 0.1) is 12.8 Å². The second kappa shape index (κ2) is 9.76. The van der Waals surface area contributed by atoms with Crippen molar-refractivity contribution in [2.24, 2.45) is 0 Å². The molecule has 0 saturated heterocycles. The minimum atomic E-state index is -0.777. The molecule has 0 bridgehead atoms. The zero-order valence-corrected chi connectivity index (χ0v) is 14.6. The molecule has 0 radical (unpaired) electrons. The van der Waals surface area contributed by atoms with E-state index < -0.39 is 36.8 Å². The van der Waals surface area contributed by atoms with E-state index in [1.807, 2.05) is 19.1 Å². The summed E-state index contributed by atoms with van der Waals surface area (Å²) < 4.78 is 9.66. The van der Waals surface area contributed by atoms with Gasteiger partial charge in [-0.1, -0.05) is 18.2 Å². The number of carbonyl (C=O) groups is 4. The minimum Gasteiger partial charge on any atom is -0.459 e. The Labute approximate surface area is 155 Å². The highest BCUT2D eigenvalue weighted by molar-refractivity contribution is 5.95. The lowest BCUT2D eigenvalue weighted by Crippen LogP contribution is -2.39. The smallest absolute Gasteiger partial charge is 0.325 e. The molecule has 9 heteroatoms. The molecule has 1 aromatic carbocycles. The first-order valence-electron chi connectivity index (χ1n) is 8.05. The lowest BCUT2D eigenvalue weighted by atomic mass is 10.2. The van der Waals surface area contributed by atoms with E-state index in [1.54, 1.807) is 18.2 Å². The van der Waals surface area contributed by atoms with Crippen molar-refractivity contribution in [3.63, 3.8) is 0 Å². The second-order valence-corrected chi connectivity index (χ2v) is 5.46. The first-order chi connectivity index (χ1) is 13.0. The number of hydrogen-bond donors (Lipinski definition) is 3. The Morgan fingerprint density at radius 2 is 1.74 bits per heavy atom. The van der Waals surface area contributed by atoms with E-state index in [1.165, 1.54) is 12.3 Å². The van der Waals surface area contributed by atoms with E-state index in [0.717, 1.165) is 5.56 Å². The number of carbonyl (C=O) groups excluding carboxylic acids is 4. The van der Waals surface area contributed by atoms with Crippen LogP contribution in [0.4, 0.5) is 5.69 Å². The lowest BCUT2D eigenvalue weighted by molar-refractivity contribution is -0.147. The molecule has 27 heavy (non-hydrogen) atoms. The first-order valence-corrected chi connectivity index (χ1v) is 8.05. The Morgan fingerprint density at radius 3 is 2.44 bits per heavy atom. The summed E-state index contributed by atoms with van der Waals surface area (Å²) in [4.78, 5) is 46.5. The van der Waals surface area contributed by atoms with Crippen LogP contribution in [0, 0.1) is 6.92 Å².